The fraction of sp³-hybridized carbons (Fsp3) is 0.222. The fourth-order valence-electron chi connectivity index (χ4n) is 5.98. The zero-order valence-electron chi connectivity index (χ0n) is 26.6. The van der Waals surface area contributed by atoms with Crippen molar-refractivity contribution in [1.29, 1.82) is 5.26 Å². The van der Waals surface area contributed by atoms with E-state index >= 15 is 0 Å². The molecule has 2 aromatic heterocycles. The van der Waals surface area contributed by atoms with Crippen molar-refractivity contribution in [3.05, 3.63) is 120 Å². The van der Waals surface area contributed by atoms with E-state index in [9.17, 15) is 14.9 Å². The number of nitriles is 1. The number of esters is 1. The van der Waals surface area contributed by atoms with Gasteiger partial charge in [0.1, 0.15) is 0 Å². The second-order valence-electron chi connectivity index (χ2n) is 10.8. The van der Waals surface area contributed by atoms with Gasteiger partial charge in [0, 0.05) is 29.2 Å². The summed E-state index contributed by atoms with van der Waals surface area (Å²) in [4.78, 5) is 32.9. The van der Waals surface area contributed by atoms with Gasteiger partial charge in [0.25, 0.3) is 5.56 Å². The molecule has 3 aromatic carbocycles. The first kappa shape index (κ1) is 31.4. The highest BCUT2D eigenvalue weighted by atomic mass is 32.1. The van der Waals surface area contributed by atoms with Crippen molar-refractivity contribution in [3.8, 4) is 23.3 Å². The maximum absolute atomic E-state index is 14.4. The van der Waals surface area contributed by atoms with Crippen LogP contribution in [-0.2, 0) is 16.1 Å². The number of fused-ring (bicyclic) bond motifs is 2. The van der Waals surface area contributed by atoms with Crippen LogP contribution >= 0.6 is 11.3 Å². The molecule has 0 radical (unpaired) electrons. The number of allylic oxidation sites excluding steroid dienone is 1. The minimum Gasteiger partial charge on any atom is -0.493 e. The van der Waals surface area contributed by atoms with Gasteiger partial charge in [-0.15, -0.1) is 0 Å². The first-order valence-corrected chi connectivity index (χ1v) is 15.7. The second-order valence-corrected chi connectivity index (χ2v) is 11.8. The van der Waals surface area contributed by atoms with Crippen LogP contribution in [0.25, 0.3) is 17.0 Å². The summed E-state index contributed by atoms with van der Waals surface area (Å²) >= 11 is 1.24. The van der Waals surface area contributed by atoms with E-state index in [0.717, 1.165) is 22.0 Å². The molecule has 10 nitrogen and oxygen atoms in total. The molecule has 1 aliphatic rings. The Morgan fingerprint density at radius 2 is 1.74 bits per heavy atom. The van der Waals surface area contributed by atoms with E-state index in [1.165, 1.54) is 37.2 Å². The summed E-state index contributed by atoms with van der Waals surface area (Å²) < 4.78 is 26.2. The number of hydrogen-bond acceptors (Lipinski definition) is 9. The van der Waals surface area contributed by atoms with Crippen LogP contribution in [-0.4, -0.2) is 43.0 Å². The lowest BCUT2D eigenvalue weighted by Gasteiger charge is -2.26. The molecule has 0 spiro atoms. The molecule has 47 heavy (non-hydrogen) atoms. The highest BCUT2D eigenvalue weighted by Crippen LogP contribution is 2.42. The van der Waals surface area contributed by atoms with Crippen LogP contribution in [0.3, 0.4) is 0 Å². The predicted octanol–water partition coefficient (Wildman–Crippen LogP) is 4.70. The van der Waals surface area contributed by atoms with Crippen LogP contribution in [0.1, 0.15) is 42.1 Å². The SMILES string of the molecule is CCOC(=O)C1=C(C)N=c2s/c(=C\c3cn(Cc4ccccc4C#N)c4ccccc34)c(=O)n2[C@H]1c1cc(OC)c(OC)c(OC)c1. The standard InChI is InChI=1S/C36H32N4O6S/c1-6-46-35(42)31-21(2)38-36-40(32(31)24-15-28(43-3)33(45-5)29(16-24)44-4)34(41)30(47-36)17-25-20-39(27-14-10-9-13-26(25)27)19-23-12-8-7-11-22(23)18-37/h7-17,20,32H,6,19H2,1-5H3/b30-17-/t32-/m0/s1. The van der Waals surface area contributed by atoms with Gasteiger partial charge in [-0.2, -0.15) is 5.26 Å². The molecule has 0 saturated heterocycles. The lowest BCUT2D eigenvalue weighted by molar-refractivity contribution is -0.139. The lowest BCUT2D eigenvalue weighted by Crippen LogP contribution is -2.40. The summed E-state index contributed by atoms with van der Waals surface area (Å²) in [6.07, 6.45) is 3.84. The summed E-state index contributed by atoms with van der Waals surface area (Å²) in [5, 5.41) is 10.6. The summed E-state index contributed by atoms with van der Waals surface area (Å²) in [6.45, 7) is 4.11. The maximum atomic E-state index is 14.4. The summed E-state index contributed by atoms with van der Waals surface area (Å²) in [6, 6.07) is 20.3. The number of carbonyl (C=O) groups excluding carboxylic acids is 1. The highest BCUT2D eigenvalue weighted by molar-refractivity contribution is 7.07. The summed E-state index contributed by atoms with van der Waals surface area (Å²) in [5.74, 6) is 0.584. The molecule has 0 unspecified atom stereocenters. The number of para-hydroxylation sites is 1. The van der Waals surface area contributed by atoms with Crippen molar-refractivity contribution in [2.45, 2.75) is 26.4 Å². The Bertz CT molecular complexity index is 2260. The van der Waals surface area contributed by atoms with E-state index in [-0.39, 0.29) is 17.7 Å². The average molecular weight is 649 g/mol. The molecule has 0 N–H and O–H groups in total. The van der Waals surface area contributed by atoms with Gasteiger partial charge in [-0.25, -0.2) is 9.79 Å². The van der Waals surface area contributed by atoms with Crippen LogP contribution in [0.2, 0.25) is 0 Å². The number of ether oxygens (including phenoxy) is 4. The average Bonchev–Trinajstić information content (AvgIpc) is 3.59. The molecule has 0 amide bonds. The molecule has 0 fully saturated rings. The molecule has 238 valence electrons. The van der Waals surface area contributed by atoms with Gasteiger partial charge in [-0.1, -0.05) is 47.7 Å². The Morgan fingerprint density at radius 1 is 1.04 bits per heavy atom. The third kappa shape index (κ3) is 5.57. The van der Waals surface area contributed by atoms with E-state index in [1.54, 1.807) is 32.0 Å². The van der Waals surface area contributed by atoms with Crippen molar-refractivity contribution in [2.75, 3.05) is 27.9 Å². The van der Waals surface area contributed by atoms with Crippen LogP contribution in [0.5, 0.6) is 17.2 Å². The van der Waals surface area contributed by atoms with E-state index in [4.69, 9.17) is 23.9 Å². The van der Waals surface area contributed by atoms with E-state index in [1.807, 2.05) is 54.7 Å². The molecule has 1 atom stereocenters. The number of carbonyl (C=O) groups is 1. The molecule has 3 heterocycles. The number of aromatic nitrogens is 2. The number of thiazole rings is 1. The van der Waals surface area contributed by atoms with E-state index < -0.39 is 12.0 Å². The molecule has 1 aliphatic heterocycles. The minimum atomic E-state index is -0.870. The first-order valence-electron chi connectivity index (χ1n) is 14.9. The fourth-order valence-corrected chi connectivity index (χ4v) is 7.02. The first-order chi connectivity index (χ1) is 22.8. The molecule has 0 saturated carbocycles. The van der Waals surface area contributed by atoms with Gasteiger partial charge < -0.3 is 23.5 Å². The molecular weight excluding hydrogens is 616 g/mol. The number of rotatable bonds is 9. The van der Waals surface area contributed by atoms with Crippen molar-refractivity contribution in [3.63, 3.8) is 0 Å². The van der Waals surface area contributed by atoms with Gasteiger partial charge in [0.15, 0.2) is 16.3 Å². The zero-order valence-corrected chi connectivity index (χ0v) is 27.4. The number of nitrogens with zero attached hydrogens (tertiary/aromatic N) is 4. The largest absolute Gasteiger partial charge is 0.493 e. The van der Waals surface area contributed by atoms with E-state index in [2.05, 4.69) is 10.6 Å². The van der Waals surface area contributed by atoms with Crippen molar-refractivity contribution >= 4 is 34.3 Å². The summed E-state index contributed by atoms with van der Waals surface area (Å²) in [5.41, 5.74) is 4.26. The van der Waals surface area contributed by atoms with Gasteiger partial charge in [0.2, 0.25) is 5.75 Å². The molecule has 11 heteroatoms. The second kappa shape index (κ2) is 13.0. The Balaban J connectivity index is 1.55. The predicted molar refractivity (Wildman–Crippen MR) is 179 cm³/mol. The van der Waals surface area contributed by atoms with Crippen molar-refractivity contribution in [1.82, 2.24) is 9.13 Å². The van der Waals surface area contributed by atoms with E-state index in [0.29, 0.717) is 50.0 Å². The van der Waals surface area contributed by atoms with Gasteiger partial charge in [-0.3, -0.25) is 9.36 Å². The van der Waals surface area contributed by atoms with Crippen molar-refractivity contribution in [2.24, 2.45) is 4.99 Å². The smallest absolute Gasteiger partial charge is 0.338 e. The number of benzene rings is 3. The maximum Gasteiger partial charge on any atom is 0.338 e. The number of methoxy groups -OCH3 is 3. The molecule has 0 aliphatic carbocycles. The Kier molecular flexibility index (Phi) is 8.70. The molecule has 5 aromatic rings. The summed E-state index contributed by atoms with van der Waals surface area (Å²) in [7, 11) is 4.53. The Morgan fingerprint density at radius 3 is 2.43 bits per heavy atom. The Labute approximate surface area is 274 Å². The van der Waals surface area contributed by atoms with Crippen molar-refractivity contribution < 1.29 is 23.7 Å². The third-order valence-corrected chi connectivity index (χ3v) is 9.09. The van der Waals surface area contributed by atoms with Crippen LogP contribution in [0, 0.1) is 11.3 Å². The van der Waals surface area contributed by atoms with Gasteiger partial charge in [-0.05, 0) is 55.3 Å². The van der Waals surface area contributed by atoms with Gasteiger partial charge in [0.05, 0.1) is 61.4 Å². The third-order valence-electron chi connectivity index (χ3n) is 8.10. The lowest BCUT2D eigenvalue weighted by atomic mass is 9.95. The Hall–Kier alpha value is -5.60. The van der Waals surface area contributed by atoms with Crippen LogP contribution < -0.4 is 29.1 Å². The topological polar surface area (TPSA) is 117 Å². The monoisotopic (exact) mass is 648 g/mol. The molecular formula is C36H32N4O6S. The molecule has 0 bridgehead atoms. The normalized spacial score (nSPS) is 14.4. The highest BCUT2D eigenvalue weighted by Gasteiger charge is 2.34. The zero-order chi connectivity index (χ0) is 33.2. The van der Waals surface area contributed by atoms with Gasteiger partial charge >= 0.3 is 5.97 Å². The van der Waals surface area contributed by atoms with Crippen LogP contribution in [0.4, 0.5) is 0 Å². The quantitative estimate of drug-likeness (QED) is 0.213. The minimum absolute atomic E-state index is 0.158. The van der Waals surface area contributed by atoms with Crippen LogP contribution in [0.15, 0.2) is 87.9 Å². The molecule has 6 rings (SSSR count). The number of hydrogen-bond donors (Lipinski definition) is 0.